The van der Waals surface area contributed by atoms with E-state index in [0.29, 0.717) is 18.8 Å². The van der Waals surface area contributed by atoms with Crippen molar-refractivity contribution in [3.05, 3.63) is 42.2 Å². The molecule has 16 heavy (non-hydrogen) atoms. The topological polar surface area (TPSA) is 60.0 Å². The monoisotopic (exact) mass is 219 g/mol. The maximum absolute atomic E-state index is 11.0. The number of carboxylic acid groups (broad SMARTS) is 1. The van der Waals surface area contributed by atoms with Crippen molar-refractivity contribution in [2.24, 2.45) is 0 Å². The zero-order chi connectivity index (χ0) is 11.5. The molecule has 2 aromatic rings. The molecule has 2 heterocycles. The molecule has 2 rings (SSSR count). The fraction of sp³-hybridized carbons (Fsp3) is 0.273. The maximum atomic E-state index is 11.0. The summed E-state index contributed by atoms with van der Waals surface area (Å²) in [7, 11) is 0. The summed E-state index contributed by atoms with van der Waals surface area (Å²) in [6.45, 7) is 3.23. The van der Waals surface area contributed by atoms with Gasteiger partial charge >= 0.3 is 5.97 Å². The summed E-state index contributed by atoms with van der Waals surface area (Å²) < 4.78 is 3.70. The Labute approximate surface area is 93.0 Å². The lowest BCUT2D eigenvalue weighted by Crippen LogP contribution is -2.11. The summed E-state index contributed by atoms with van der Waals surface area (Å²) in [5.41, 5.74) is 1.30. The number of carbonyl (C=O) groups is 1. The van der Waals surface area contributed by atoms with Crippen LogP contribution >= 0.6 is 0 Å². The summed E-state index contributed by atoms with van der Waals surface area (Å²) in [4.78, 5) is 14.9. The third kappa shape index (κ3) is 1.84. The third-order valence-corrected chi connectivity index (χ3v) is 2.51. The van der Waals surface area contributed by atoms with Gasteiger partial charge in [-0.3, -0.25) is 0 Å². The summed E-state index contributed by atoms with van der Waals surface area (Å²) in [6, 6.07) is 3.48. The highest BCUT2D eigenvalue weighted by atomic mass is 16.4. The molecule has 0 aliphatic heterocycles. The fourth-order valence-electron chi connectivity index (χ4n) is 1.78. The van der Waals surface area contributed by atoms with Gasteiger partial charge in [0.1, 0.15) is 5.69 Å². The van der Waals surface area contributed by atoms with E-state index in [1.165, 1.54) is 0 Å². The van der Waals surface area contributed by atoms with Gasteiger partial charge in [-0.1, -0.05) is 0 Å². The lowest BCUT2D eigenvalue weighted by atomic mass is 10.4. The smallest absolute Gasteiger partial charge is 0.352 e. The van der Waals surface area contributed by atoms with E-state index in [2.05, 4.69) is 4.98 Å². The van der Waals surface area contributed by atoms with Crippen LogP contribution in [0.25, 0.3) is 0 Å². The quantitative estimate of drug-likeness (QED) is 0.846. The molecule has 0 spiro atoms. The first-order chi connectivity index (χ1) is 7.72. The molecule has 0 fully saturated rings. The van der Waals surface area contributed by atoms with Gasteiger partial charge in [-0.25, -0.2) is 9.78 Å². The van der Waals surface area contributed by atoms with Crippen LogP contribution in [0, 0.1) is 0 Å². The highest BCUT2D eigenvalue weighted by Crippen LogP contribution is 2.11. The molecule has 2 aromatic heterocycles. The number of hydrogen-bond acceptors (Lipinski definition) is 2. The second-order valence-corrected chi connectivity index (χ2v) is 3.49. The largest absolute Gasteiger partial charge is 0.477 e. The van der Waals surface area contributed by atoms with E-state index in [-0.39, 0.29) is 0 Å². The van der Waals surface area contributed by atoms with Gasteiger partial charge in [-0.05, 0) is 19.1 Å². The van der Waals surface area contributed by atoms with Crippen LogP contribution in [0.15, 0.2) is 30.9 Å². The molecule has 1 N–H and O–H groups in total. The minimum absolute atomic E-state index is 0.331. The van der Waals surface area contributed by atoms with Crippen molar-refractivity contribution in [1.29, 1.82) is 0 Å². The fourth-order valence-corrected chi connectivity index (χ4v) is 1.78. The minimum Gasteiger partial charge on any atom is -0.477 e. The summed E-state index contributed by atoms with van der Waals surface area (Å²) in [6.07, 6.45) is 5.28. The molecule has 0 amide bonds. The predicted molar refractivity (Wildman–Crippen MR) is 58.4 cm³/mol. The molecule has 0 atom stereocenters. The van der Waals surface area contributed by atoms with E-state index in [4.69, 9.17) is 5.11 Å². The number of aromatic nitrogens is 3. The number of nitrogens with zero attached hydrogens (tertiary/aromatic N) is 3. The molecule has 0 aliphatic carbocycles. The Morgan fingerprint density at radius 2 is 2.31 bits per heavy atom. The highest BCUT2D eigenvalue weighted by molar-refractivity contribution is 5.86. The van der Waals surface area contributed by atoms with Gasteiger partial charge in [0.25, 0.3) is 0 Å². The number of carboxylic acids is 1. The normalized spacial score (nSPS) is 10.6. The van der Waals surface area contributed by atoms with Crippen LogP contribution in [0.4, 0.5) is 0 Å². The van der Waals surface area contributed by atoms with Gasteiger partial charge in [0.15, 0.2) is 0 Å². The van der Waals surface area contributed by atoms with E-state index < -0.39 is 5.97 Å². The number of hydrogen-bond donors (Lipinski definition) is 1. The van der Waals surface area contributed by atoms with Crippen molar-refractivity contribution in [3.63, 3.8) is 0 Å². The molecule has 84 valence electrons. The Balaban J connectivity index is 2.31. The molecule has 0 bridgehead atoms. The van der Waals surface area contributed by atoms with Gasteiger partial charge in [0.05, 0.1) is 12.9 Å². The maximum Gasteiger partial charge on any atom is 0.352 e. The molecular formula is C11H13N3O2. The third-order valence-electron chi connectivity index (χ3n) is 2.51. The SMILES string of the molecule is CCn1c(Cn2ccnc2)ccc1C(=O)O. The Morgan fingerprint density at radius 1 is 1.50 bits per heavy atom. The lowest BCUT2D eigenvalue weighted by Gasteiger charge is -2.09. The lowest BCUT2D eigenvalue weighted by molar-refractivity contribution is 0.0685. The zero-order valence-corrected chi connectivity index (χ0v) is 9.00. The van der Waals surface area contributed by atoms with Gasteiger partial charge in [0, 0.05) is 24.6 Å². The van der Waals surface area contributed by atoms with Crippen molar-refractivity contribution >= 4 is 5.97 Å². The van der Waals surface area contributed by atoms with Gasteiger partial charge < -0.3 is 14.2 Å². The first-order valence-electron chi connectivity index (χ1n) is 5.09. The van der Waals surface area contributed by atoms with Gasteiger partial charge in [0.2, 0.25) is 0 Å². The second-order valence-electron chi connectivity index (χ2n) is 3.49. The van der Waals surface area contributed by atoms with Crippen molar-refractivity contribution in [3.8, 4) is 0 Å². The number of imidazole rings is 1. The minimum atomic E-state index is -0.890. The van der Waals surface area contributed by atoms with Crippen molar-refractivity contribution in [1.82, 2.24) is 14.1 Å². The van der Waals surface area contributed by atoms with Crippen LogP contribution in [0.2, 0.25) is 0 Å². The highest BCUT2D eigenvalue weighted by Gasteiger charge is 2.12. The van der Waals surface area contributed by atoms with Gasteiger partial charge in [-0.15, -0.1) is 0 Å². The van der Waals surface area contributed by atoms with Crippen molar-refractivity contribution in [2.75, 3.05) is 0 Å². The first kappa shape index (κ1) is 10.5. The summed E-state index contributed by atoms with van der Waals surface area (Å²) in [5.74, 6) is -0.890. The molecule has 0 unspecified atom stereocenters. The Bertz CT molecular complexity index is 485. The van der Waals surface area contributed by atoms with Crippen LogP contribution in [0.5, 0.6) is 0 Å². The second kappa shape index (κ2) is 4.22. The number of aromatic carboxylic acids is 1. The standard InChI is InChI=1S/C11H13N3O2/c1-2-14-9(3-4-10(14)11(15)16)7-13-6-5-12-8-13/h3-6,8H,2,7H2,1H3,(H,15,16). The van der Waals surface area contributed by atoms with E-state index >= 15 is 0 Å². The van der Waals surface area contributed by atoms with Crippen molar-refractivity contribution in [2.45, 2.75) is 20.0 Å². The molecular weight excluding hydrogens is 206 g/mol. The van der Waals surface area contributed by atoms with E-state index in [0.717, 1.165) is 5.69 Å². The molecule has 0 aromatic carbocycles. The predicted octanol–water partition coefficient (Wildman–Crippen LogP) is 1.45. The summed E-state index contributed by atoms with van der Waals surface area (Å²) in [5, 5.41) is 9.00. The Morgan fingerprint density at radius 3 is 2.88 bits per heavy atom. The van der Waals surface area contributed by atoms with Crippen LogP contribution in [0.3, 0.4) is 0 Å². The Kier molecular flexibility index (Phi) is 2.76. The van der Waals surface area contributed by atoms with E-state index in [1.807, 2.05) is 23.8 Å². The average molecular weight is 219 g/mol. The van der Waals surface area contributed by atoms with Crippen LogP contribution < -0.4 is 0 Å². The van der Waals surface area contributed by atoms with Gasteiger partial charge in [-0.2, -0.15) is 0 Å². The van der Waals surface area contributed by atoms with Crippen LogP contribution in [-0.2, 0) is 13.1 Å². The Hall–Kier alpha value is -2.04. The van der Waals surface area contributed by atoms with Crippen molar-refractivity contribution < 1.29 is 9.90 Å². The van der Waals surface area contributed by atoms with Crippen LogP contribution in [-0.4, -0.2) is 25.2 Å². The van der Waals surface area contributed by atoms with E-state index in [1.54, 1.807) is 23.2 Å². The molecule has 0 saturated heterocycles. The summed E-state index contributed by atoms with van der Waals surface area (Å²) >= 11 is 0. The first-order valence-corrected chi connectivity index (χ1v) is 5.09. The number of rotatable bonds is 4. The molecule has 0 radical (unpaired) electrons. The molecule has 0 saturated carbocycles. The molecule has 5 nitrogen and oxygen atoms in total. The zero-order valence-electron chi connectivity index (χ0n) is 9.00. The molecule has 0 aliphatic rings. The van der Waals surface area contributed by atoms with E-state index in [9.17, 15) is 4.79 Å². The van der Waals surface area contributed by atoms with Crippen LogP contribution in [0.1, 0.15) is 23.1 Å². The molecule has 5 heteroatoms. The average Bonchev–Trinajstić information content (AvgIpc) is 2.87.